The third-order valence-electron chi connectivity index (χ3n) is 6.04. The highest BCUT2D eigenvalue weighted by atomic mass is 16.5. The Hall–Kier alpha value is -3.18. The smallest absolute Gasteiger partial charge is 0.254 e. The Balaban J connectivity index is 1.51. The minimum atomic E-state index is -0.217. The van der Waals surface area contributed by atoms with E-state index in [1.54, 1.807) is 0 Å². The summed E-state index contributed by atoms with van der Waals surface area (Å²) in [5.74, 6) is 0.336. The molecule has 1 aliphatic rings. The first-order valence-electron chi connectivity index (χ1n) is 11.7. The summed E-state index contributed by atoms with van der Waals surface area (Å²) >= 11 is 0. The van der Waals surface area contributed by atoms with Crippen molar-refractivity contribution >= 4 is 22.6 Å². The summed E-state index contributed by atoms with van der Waals surface area (Å²) < 4.78 is 6.01. The van der Waals surface area contributed by atoms with Gasteiger partial charge in [-0.2, -0.15) is 0 Å². The molecule has 0 bridgehead atoms. The van der Waals surface area contributed by atoms with E-state index in [0.717, 1.165) is 16.3 Å². The van der Waals surface area contributed by atoms with Crippen LogP contribution in [0.1, 0.15) is 40.1 Å². The second-order valence-electron chi connectivity index (χ2n) is 9.24. The minimum Gasteiger partial charge on any atom is -0.373 e. The molecule has 0 N–H and O–H groups in total. The molecule has 0 radical (unpaired) electrons. The number of fused-ring (bicyclic) bond motifs is 1. The lowest BCUT2D eigenvalue weighted by Crippen LogP contribution is -2.51. The number of rotatable bonds is 6. The van der Waals surface area contributed by atoms with Gasteiger partial charge in [-0.1, -0.05) is 67.9 Å². The summed E-state index contributed by atoms with van der Waals surface area (Å²) in [5, 5.41) is 2.01. The zero-order valence-corrected chi connectivity index (χ0v) is 19.7. The fraction of sp³-hybridized carbons (Fsp3) is 0.357. The first-order chi connectivity index (χ1) is 15.9. The van der Waals surface area contributed by atoms with Gasteiger partial charge in [0.25, 0.3) is 11.8 Å². The van der Waals surface area contributed by atoms with E-state index in [4.69, 9.17) is 4.74 Å². The Morgan fingerprint density at radius 3 is 2.52 bits per heavy atom. The van der Waals surface area contributed by atoms with E-state index >= 15 is 0 Å². The fourth-order valence-corrected chi connectivity index (χ4v) is 4.40. The van der Waals surface area contributed by atoms with E-state index in [9.17, 15) is 9.59 Å². The molecule has 0 saturated carbocycles. The molecule has 1 atom stereocenters. The number of carbonyl (C=O) groups is 2. The molecule has 0 spiro atoms. The van der Waals surface area contributed by atoms with Crippen molar-refractivity contribution in [3.63, 3.8) is 0 Å². The summed E-state index contributed by atoms with van der Waals surface area (Å²) in [6.07, 6.45) is -0.217. The van der Waals surface area contributed by atoms with Crippen molar-refractivity contribution in [1.29, 1.82) is 0 Å². The number of amides is 2. The zero-order chi connectivity index (χ0) is 23.4. The molecule has 3 aromatic carbocycles. The van der Waals surface area contributed by atoms with Gasteiger partial charge in [0.1, 0.15) is 0 Å². The van der Waals surface area contributed by atoms with Crippen LogP contribution < -0.4 is 0 Å². The van der Waals surface area contributed by atoms with E-state index in [1.807, 2.05) is 83.5 Å². The average Bonchev–Trinajstić information content (AvgIpc) is 2.83. The van der Waals surface area contributed by atoms with Crippen molar-refractivity contribution < 1.29 is 14.3 Å². The van der Waals surface area contributed by atoms with Gasteiger partial charge in [0, 0.05) is 37.3 Å². The summed E-state index contributed by atoms with van der Waals surface area (Å²) in [6, 6.07) is 21.5. The maximum atomic E-state index is 13.6. The molecule has 1 heterocycles. The number of ether oxygens (including phenoxy) is 1. The van der Waals surface area contributed by atoms with Crippen molar-refractivity contribution in [2.24, 2.45) is 5.92 Å². The molecule has 5 nitrogen and oxygen atoms in total. The molecule has 4 rings (SSSR count). The summed E-state index contributed by atoms with van der Waals surface area (Å²) in [6.45, 7) is 8.83. The second-order valence-corrected chi connectivity index (χ2v) is 9.24. The van der Waals surface area contributed by atoms with Crippen LogP contribution in [-0.4, -0.2) is 60.5 Å². The number of hydrogen-bond donors (Lipinski definition) is 0. The number of benzene rings is 3. The molecule has 3 aromatic rings. The molecule has 2 amide bonds. The largest absolute Gasteiger partial charge is 0.373 e. The Bertz CT molecular complexity index is 1120. The third kappa shape index (κ3) is 5.42. The lowest BCUT2D eigenvalue weighted by atomic mass is 10.0. The maximum absolute atomic E-state index is 13.6. The summed E-state index contributed by atoms with van der Waals surface area (Å²) in [4.78, 5) is 30.4. The van der Waals surface area contributed by atoms with E-state index in [2.05, 4.69) is 13.8 Å². The quantitative estimate of drug-likeness (QED) is 0.549. The molecular weight excluding hydrogens is 412 g/mol. The number of aryl methyl sites for hydroxylation is 1. The van der Waals surface area contributed by atoms with Gasteiger partial charge in [-0.05, 0) is 41.8 Å². The Kier molecular flexibility index (Phi) is 7.09. The predicted octanol–water partition coefficient (Wildman–Crippen LogP) is 4.79. The molecule has 5 heteroatoms. The first kappa shape index (κ1) is 23.0. The maximum Gasteiger partial charge on any atom is 0.254 e. The van der Waals surface area contributed by atoms with Crippen LogP contribution in [0, 0.1) is 12.8 Å². The van der Waals surface area contributed by atoms with E-state index in [0.29, 0.717) is 49.8 Å². The van der Waals surface area contributed by atoms with Crippen LogP contribution in [0.4, 0.5) is 0 Å². The van der Waals surface area contributed by atoms with Crippen molar-refractivity contribution in [1.82, 2.24) is 9.80 Å². The van der Waals surface area contributed by atoms with Gasteiger partial charge >= 0.3 is 0 Å². The molecule has 1 saturated heterocycles. The Morgan fingerprint density at radius 1 is 1.03 bits per heavy atom. The van der Waals surface area contributed by atoms with Crippen molar-refractivity contribution in [3.8, 4) is 0 Å². The normalized spacial score (nSPS) is 16.2. The SMILES string of the molecule is Cc1ccc(C(=O)N2CCOC(CN(CC(C)C)C(=O)c3cccc4ccccc34)C2)cc1. The van der Waals surface area contributed by atoms with Crippen LogP contribution in [0.3, 0.4) is 0 Å². The van der Waals surface area contributed by atoms with Crippen LogP contribution >= 0.6 is 0 Å². The highest BCUT2D eigenvalue weighted by Crippen LogP contribution is 2.21. The average molecular weight is 445 g/mol. The van der Waals surface area contributed by atoms with Gasteiger partial charge in [-0.15, -0.1) is 0 Å². The molecule has 1 aliphatic heterocycles. The van der Waals surface area contributed by atoms with E-state index in [1.165, 1.54) is 0 Å². The van der Waals surface area contributed by atoms with Gasteiger partial charge < -0.3 is 14.5 Å². The van der Waals surface area contributed by atoms with Crippen molar-refractivity contribution in [2.75, 3.05) is 32.8 Å². The highest BCUT2D eigenvalue weighted by Gasteiger charge is 2.29. The monoisotopic (exact) mass is 444 g/mol. The lowest BCUT2D eigenvalue weighted by molar-refractivity contribution is -0.0339. The van der Waals surface area contributed by atoms with E-state index in [-0.39, 0.29) is 17.9 Å². The second kappa shape index (κ2) is 10.2. The van der Waals surface area contributed by atoms with Gasteiger partial charge in [0.2, 0.25) is 0 Å². The van der Waals surface area contributed by atoms with Gasteiger partial charge in [0.15, 0.2) is 0 Å². The van der Waals surface area contributed by atoms with Gasteiger partial charge in [-0.25, -0.2) is 0 Å². The Morgan fingerprint density at radius 2 is 1.76 bits per heavy atom. The summed E-state index contributed by atoms with van der Waals surface area (Å²) in [7, 11) is 0. The predicted molar refractivity (Wildman–Crippen MR) is 132 cm³/mol. The molecular formula is C28H32N2O3. The topological polar surface area (TPSA) is 49.9 Å². The number of nitrogens with zero attached hydrogens (tertiary/aromatic N) is 2. The Labute approximate surface area is 195 Å². The number of hydrogen-bond acceptors (Lipinski definition) is 3. The summed E-state index contributed by atoms with van der Waals surface area (Å²) in [5.41, 5.74) is 2.52. The van der Waals surface area contributed by atoms with Crippen LogP contribution in [0.5, 0.6) is 0 Å². The van der Waals surface area contributed by atoms with Crippen molar-refractivity contribution in [3.05, 3.63) is 83.4 Å². The highest BCUT2D eigenvalue weighted by molar-refractivity contribution is 6.07. The molecule has 0 aromatic heterocycles. The lowest BCUT2D eigenvalue weighted by Gasteiger charge is -2.36. The van der Waals surface area contributed by atoms with Crippen LogP contribution in [0.15, 0.2) is 66.7 Å². The fourth-order valence-electron chi connectivity index (χ4n) is 4.40. The molecule has 33 heavy (non-hydrogen) atoms. The molecule has 1 fully saturated rings. The van der Waals surface area contributed by atoms with Crippen LogP contribution in [0.25, 0.3) is 10.8 Å². The van der Waals surface area contributed by atoms with Gasteiger partial charge in [0.05, 0.1) is 12.7 Å². The van der Waals surface area contributed by atoms with E-state index < -0.39 is 0 Å². The minimum absolute atomic E-state index is 0.00563. The van der Waals surface area contributed by atoms with Crippen molar-refractivity contribution in [2.45, 2.75) is 26.9 Å². The van der Waals surface area contributed by atoms with Crippen LogP contribution in [-0.2, 0) is 4.74 Å². The third-order valence-corrected chi connectivity index (χ3v) is 6.04. The molecule has 172 valence electrons. The number of morpholine rings is 1. The van der Waals surface area contributed by atoms with Gasteiger partial charge in [-0.3, -0.25) is 9.59 Å². The zero-order valence-electron chi connectivity index (χ0n) is 19.7. The molecule has 1 unspecified atom stereocenters. The molecule has 0 aliphatic carbocycles. The van der Waals surface area contributed by atoms with Crippen LogP contribution in [0.2, 0.25) is 0 Å². The first-order valence-corrected chi connectivity index (χ1v) is 11.7. The standard InChI is InChI=1S/C28H32N2O3/c1-20(2)17-30(28(32)26-10-6-8-22-7-4-5-9-25(22)26)19-24-18-29(15-16-33-24)27(31)23-13-11-21(3)12-14-23/h4-14,20,24H,15-19H2,1-3H3. The number of carbonyl (C=O) groups excluding carboxylic acids is 2.